The minimum Gasteiger partial charge on any atom is -0.393 e. The standard InChI is InChI=1S/C12H17NO/c1-2-3-6-12(14)8-7-11-5-4-9-13-10-11/h2,4-5,9-10,12,14H,1,3,6-8H2. The number of aromatic nitrogens is 1. The molecule has 1 aromatic heterocycles. The molecule has 1 rings (SSSR count). The molecule has 0 spiro atoms. The molecule has 1 unspecified atom stereocenters. The zero-order valence-electron chi connectivity index (χ0n) is 8.39. The van der Waals surface area contributed by atoms with Crippen molar-refractivity contribution in [3.63, 3.8) is 0 Å². The van der Waals surface area contributed by atoms with Crippen LogP contribution in [0.25, 0.3) is 0 Å². The van der Waals surface area contributed by atoms with Gasteiger partial charge in [0.2, 0.25) is 0 Å². The van der Waals surface area contributed by atoms with Gasteiger partial charge in [0.05, 0.1) is 6.10 Å². The van der Waals surface area contributed by atoms with E-state index in [1.165, 1.54) is 5.56 Å². The van der Waals surface area contributed by atoms with Gasteiger partial charge >= 0.3 is 0 Å². The first-order chi connectivity index (χ1) is 6.83. The number of aliphatic hydroxyl groups excluding tert-OH is 1. The average Bonchev–Trinajstić information content (AvgIpc) is 2.25. The van der Waals surface area contributed by atoms with Crippen molar-refractivity contribution in [1.82, 2.24) is 4.98 Å². The summed E-state index contributed by atoms with van der Waals surface area (Å²) >= 11 is 0. The van der Waals surface area contributed by atoms with Crippen molar-refractivity contribution < 1.29 is 5.11 Å². The fraction of sp³-hybridized carbons (Fsp3) is 0.417. The van der Waals surface area contributed by atoms with Gasteiger partial charge in [-0.25, -0.2) is 0 Å². The zero-order valence-corrected chi connectivity index (χ0v) is 8.39. The minimum absolute atomic E-state index is 0.215. The van der Waals surface area contributed by atoms with E-state index in [-0.39, 0.29) is 6.10 Å². The van der Waals surface area contributed by atoms with Crippen LogP contribution in [0.4, 0.5) is 0 Å². The molecule has 76 valence electrons. The van der Waals surface area contributed by atoms with E-state index in [4.69, 9.17) is 0 Å². The Bertz CT molecular complexity index is 258. The Balaban J connectivity index is 2.23. The van der Waals surface area contributed by atoms with Crippen molar-refractivity contribution in [2.75, 3.05) is 0 Å². The summed E-state index contributed by atoms with van der Waals surface area (Å²) in [7, 11) is 0. The summed E-state index contributed by atoms with van der Waals surface area (Å²) in [6, 6.07) is 3.96. The fourth-order valence-electron chi connectivity index (χ4n) is 1.33. The van der Waals surface area contributed by atoms with Gasteiger partial charge in [0, 0.05) is 12.4 Å². The van der Waals surface area contributed by atoms with Crippen molar-refractivity contribution in [3.05, 3.63) is 42.7 Å². The molecule has 0 aromatic carbocycles. The first-order valence-electron chi connectivity index (χ1n) is 5.01. The first kappa shape index (κ1) is 10.9. The summed E-state index contributed by atoms with van der Waals surface area (Å²) in [5, 5.41) is 9.57. The smallest absolute Gasteiger partial charge is 0.0546 e. The monoisotopic (exact) mass is 191 g/mol. The maximum absolute atomic E-state index is 9.57. The third-order valence-electron chi connectivity index (χ3n) is 2.19. The number of pyridine rings is 1. The van der Waals surface area contributed by atoms with E-state index in [0.717, 1.165) is 25.7 Å². The highest BCUT2D eigenvalue weighted by Crippen LogP contribution is 2.07. The molecule has 1 aromatic rings. The van der Waals surface area contributed by atoms with E-state index in [9.17, 15) is 5.11 Å². The van der Waals surface area contributed by atoms with Crippen LogP contribution in [0.15, 0.2) is 37.2 Å². The van der Waals surface area contributed by atoms with Crippen molar-refractivity contribution in [3.8, 4) is 0 Å². The highest BCUT2D eigenvalue weighted by molar-refractivity contribution is 5.08. The minimum atomic E-state index is -0.215. The molecular formula is C12H17NO. The second-order valence-electron chi connectivity index (χ2n) is 3.42. The van der Waals surface area contributed by atoms with Crippen molar-refractivity contribution in [2.45, 2.75) is 31.8 Å². The van der Waals surface area contributed by atoms with Crippen LogP contribution in [0.1, 0.15) is 24.8 Å². The van der Waals surface area contributed by atoms with Gasteiger partial charge in [0.15, 0.2) is 0 Å². The normalized spacial score (nSPS) is 12.4. The largest absolute Gasteiger partial charge is 0.393 e. The highest BCUT2D eigenvalue weighted by atomic mass is 16.3. The Hall–Kier alpha value is -1.15. The Morgan fingerprint density at radius 2 is 2.36 bits per heavy atom. The third-order valence-corrected chi connectivity index (χ3v) is 2.19. The summed E-state index contributed by atoms with van der Waals surface area (Å²) in [5.41, 5.74) is 1.19. The fourth-order valence-corrected chi connectivity index (χ4v) is 1.33. The van der Waals surface area contributed by atoms with Crippen LogP contribution >= 0.6 is 0 Å². The lowest BCUT2D eigenvalue weighted by molar-refractivity contribution is 0.156. The zero-order chi connectivity index (χ0) is 10.2. The molecule has 0 aliphatic rings. The number of hydrogen-bond acceptors (Lipinski definition) is 2. The molecule has 1 atom stereocenters. The van der Waals surface area contributed by atoms with Crippen molar-refractivity contribution in [1.29, 1.82) is 0 Å². The van der Waals surface area contributed by atoms with Crippen LogP contribution in [0, 0.1) is 0 Å². The molecule has 0 radical (unpaired) electrons. The molecule has 2 nitrogen and oxygen atoms in total. The SMILES string of the molecule is C=CCCC(O)CCc1cccnc1. The van der Waals surface area contributed by atoms with Crippen molar-refractivity contribution in [2.24, 2.45) is 0 Å². The van der Waals surface area contributed by atoms with E-state index in [2.05, 4.69) is 11.6 Å². The molecular weight excluding hydrogens is 174 g/mol. The molecule has 0 bridgehead atoms. The molecule has 0 saturated carbocycles. The van der Waals surface area contributed by atoms with Gasteiger partial charge in [-0.15, -0.1) is 6.58 Å². The number of aryl methyl sites for hydroxylation is 1. The number of hydrogen-bond donors (Lipinski definition) is 1. The van der Waals surface area contributed by atoms with E-state index < -0.39 is 0 Å². The van der Waals surface area contributed by atoms with Crippen LogP contribution < -0.4 is 0 Å². The van der Waals surface area contributed by atoms with E-state index >= 15 is 0 Å². The third kappa shape index (κ3) is 4.19. The molecule has 0 fully saturated rings. The molecule has 1 heterocycles. The molecule has 14 heavy (non-hydrogen) atoms. The molecule has 0 aliphatic carbocycles. The predicted octanol–water partition coefficient (Wildman–Crippen LogP) is 2.34. The summed E-state index contributed by atoms with van der Waals surface area (Å²) < 4.78 is 0. The number of aliphatic hydroxyl groups is 1. The van der Waals surface area contributed by atoms with E-state index in [0.29, 0.717) is 0 Å². The number of rotatable bonds is 6. The van der Waals surface area contributed by atoms with Gasteiger partial charge in [0.25, 0.3) is 0 Å². The maximum atomic E-state index is 9.57. The summed E-state index contributed by atoms with van der Waals surface area (Å²) in [6.07, 6.45) is 8.63. The lowest BCUT2D eigenvalue weighted by Crippen LogP contribution is -2.07. The topological polar surface area (TPSA) is 33.1 Å². The van der Waals surface area contributed by atoms with Crippen LogP contribution in [0.3, 0.4) is 0 Å². The Labute approximate surface area is 85.3 Å². The number of allylic oxidation sites excluding steroid dienone is 1. The lowest BCUT2D eigenvalue weighted by Gasteiger charge is -2.08. The Morgan fingerprint density at radius 3 is 3.00 bits per heavy atom. The number of nitrogens with zero attached hydrogens (tertiary/aromatic N) is 1. The predicted molar refractivity (Wildman–Crippen MR) is 58.0 cm³/mol. The van der Waals surface area contributed by atoms with E-state index in [1.807, 2.05) is 24.4 Å². The average molecular weight is 191 g/mol. The van der Waals surface area contributed by atoms with Gasteiger partial charge < -0.3 is 5.11 Å². The van der Waals surface area contributed by atoms with Gasteiger partial charge in [-0.2, -0.15) is 0 Å². The molecule has 1 N–H and O–H groups in total. The summed E-state index contributed by atoms with van der Waals surface area (Å²) in [4.78, 5) is 4.03. The van der Waals surface area contributed by atoms with Crippen LogP contribution in [0.2, 0.25) is 0 Å². The Morgan fingerprint density at radius 1 is 1.50 bits per heavy atom. The van der Waals surface area contributed by atoms with Crippen molar-refractivity contribution >= 4 is 0 Å². The van der Waals surface area contributed by atoms with Crippen LogP contribution in [0.5, 0.6) is 0 Å². The summed E-state index contributed by atoms with van der Waals surface area (Å²) in [6.45, 7) is 3.63. The molecule has 2 heteroatoms. The quantitative estimate of drug-likeness (QED) is 0.700. The van der Waals surface area contributed by atoms with Crippen LogP contribution in [-0.4, -0.2) is 16.2 Å². The van der Waals surface area contributed by atoms with Crippen LogP contribution in [-0.2, 0) is 6.42 Å². The Kier molecular flexibility index (Phi) is 4.94. The van der Waals surface area contributed by atoms with Gasteiger partial charge in [-0.3, -0.25) is 4.98 Å². The van der Waals surface area contributed by atoms with Gasteiger partial charge in [-0.1, -0.05) is 12.1 Å². The van der Waals surface area contributed by atoms with Gasteiger partial charge in [0.1, 0.15) is 0 Å². The highest BCUT2D eigenvalue weighted by Gasteiger charge is 2.02. The molecule has 0 saturated heterocycles. The first-order valence-corrected chi connectivity index (χ1v) is 5.01. The second-order valence-corrected chi connectivity index (χ2v) is 3.42. The summed E-state index contributed by atoms with van der Waals surface area (Å²) in [5.74, 6) is 0. The van der Waals surface area contributed by atoms with E-state index in [1.54, 1.807) is 6.20 Å². The maximum Gasteiger partial charge on any atom is 0.0546 e. The second kappa shape index (κ2) is 6.33. The lowest BCUT2D eigenvalue weighted by atomic mass is 10.1. The molecule has 0 aliphatic heterocycles. The van der Waals surface area contributed by atoms with Gasteiger partial charge in [-0.05, 0) is 37.3 Å². The molecule has 0 amide bonds.